The lowest BCUT2D eigenvalue weighted by Crippen LogP contribution is -1.96. The number of benzene rings is 4. The van der Waals surface area contributed by atoms with Gasteiger partial charge in [0.05, 0.1) is 30.2 Å². The number of fused-ring (bicyclic) bond motifs is 2. The first kappa shape index (κ1) is 18.4. The molecule has 0 atom stereocenters. The van der Waals surface area contributed by atoms with Gasteiger partial charge in [0.1, 0.15) is 12.1 Å². The van der Waals surface area contributed by atoms with Crippen molar-refractivity contribution >= 4 is 21.8 Å². The Hall–Kier alpha value is -4.38. The molecule has 0 spiro atoms. The van der Waals surface area contributed by atoms with Crippen molar-refractivity contribution < 1.29 is 4.74 Å². The molecule has 0 aliphatic rings. The second-order valence-electron chi connectivity index (χ2n) is 7.71. The lowest BCUT2D eigenvalue weighted by Gasteiger charge is -2.13. The number of methoxy groups -OCH3 is 1. The van der Waals surface area contributed by atoms with Gasteiger partial charge in [0.2, 0.25) is 0 Å². The molecular formula is C27H20N4O. The maximum absolute atomic E-state index is 5.67. The average Bonchev–Trinajstić information content (AvgIpc) is 3.53. The van der Waals surface area contributed by atoms with Gasteiger partial charge in [-0.25, -0.2) is 9.97 Å². The van der Waals surface area contributed by atoms with Crippen LogP contribution >= 0.6 is 0 Å². The first-order valence-corrected chi connectivity index (χ1v) is 10.4. The third kappa shape index (κ3) is 3.03. The van der Waals surface area contributed by atoms with E-state index in [2.05, 4.69) is 75.2 Å². The zero-order valence-corrected chi connectivity index (χ0v) is 17.5. The van der Waals surface area contributed by atoms with Crippen LogP contribution in [0, 0.1) is 0 Å². The zero-order chi connectivity index (χ0) is 21.5. The summed E-state index contributed by atoms with van der Waals surface area (Å²) in [6.07, 6.45) is 7.35. The van der Waals surface area contributed by atoms with Gasteiger partial charge in [0.25, 0.3) is 0 Å². The summed E-state index contributed by atoms with van der Waals surface area (Å²) in [5.41, 5.74) is 6.45. The summed E-state index contributed by atoms with van der Waals surface area (Å²) >= 11 is 0. The van der Waals surface area contributed by atoms with Crippen molar-refractivity contribution in [3.05, 3.63) is 104 Å². The van der Waals surface area contributed by atoms with Crippen LogP contribution in [0.5, 0.6) is 5.75 Å². The van der Waals surface area contributed by atoms with E-state index in [1.807, 2.05) is 35.3 Å². The van der Waals surface area contributed by atoms with E-state index in [-0.39, 0.29) is 0 Å². The minimum Gasteiger partial charge on any atom is -0.495 e. The maximum Gasteiger partial charge on any atom is 0.143 e. The van der Waals surface area contributed by atoms with Crippen molar-refractivity contribution in [3.8, 4) is 28.3 Å². The van der Waals surface area contributed by atoms with Crippen molar-refractivity contribution in [3.63, 3.8) is 0 Å². The Morgan fingerprint density at radius 1 is 0.781 bits per heavy atom. The van der Waals surface area contributed by atoms with Gasteiger partial charge in [-0.3, -0.25) is 4.57 Å². The normalized spacial score (nSPS) is 11.3. The zero-order valence-electron chi connectivity index (χ0n) is 17.5. The number of imidazole rings is 2. The third-order valence-electron chi connectivity index (χ3n) is 5.83. The summed E-state index contributed by atoms with van der Waals surface area (Å²) in [4.78, 5) is 8.69. The molecule has 154 valence electrons. The lowest BCUT2D eigenvalue weighted by atomic mass is 10.00. The number of para-hydroxylation sites is 2. The van der Waals surface area contributed by atoms with Gasteiger partial charge in [-0.05, 0) is 64.4 Å². The fourth-order valence-electron chi connectivity index (χ4n) is 4.21. The molecule has 32 heavy (non-hydrogen) atoms. The maximum atomic E-state index is 5.67. The highest BCUT2D eigenvalue weighted by Crippen LogP contribution is 2.32. The average molecular weight is 416 g/mol. The standard InChI is InChI=1S/C27H20N4O/c1-32-27-16-22-13-20(9-10-21(22)15-26(27)30-12-11-28-17-30)19-5-4-6-23(14-19)31-18-29-24-7-2-3-8-25(24)31/h2-18H,1H3. The highest BCUT2D eigenvalue weighted by atomic mass is 16.5. The number of aromatic nitrogens is 4. The quantitative estimate of drug-likeness (QED) is 0.352. The van der Waals surface area contributed by atoms with Gasteiger partial charge in [-0.1, -0.05) is 36.4 Å². The van der Waals surface area contributed by atoms with Gasteiger partial charge < -0.3 is 9.30 Å². The first-order chi connectivity index (χ1) is 15.8. The summed E-state index contributed by atoms with van der Waals surface area (Å²) in [7, 11) is 1.70. The van der Waals surface area contributed by atoms with Crippen LogP contribution in [-0.4, -0.2) is 26.2 Å². The smallest absolute Gasteiger partial charge is 0.143 e. The van der Waals surface area contributed by atoms with Crippen molar-refractivity contribution in [1.29, 1.82) is 0 Å². The van der Waals surface area contributed by atoms with E-state index in [4.69, 9.17) is 4.74 Å². The molecule has 5 nitrogen and oxygen atoms in total. The molecule has 0 saturated heterocycles. The minimum absolute atomic E-state index is 0.811. The topological polar surface area (TPSA) is 44.9 Å². The Bertz CT molecular complexity index is 1560. The van der Waals surface area contributed by atoms with Crippen LogP contribution in [0.4, 0.5) is 0 Å². The van der Waals surface area contributed by atoms with E-state index < -0.39 is 0 Å². The molecule has 0 aliphatic heterocycles. The molecule has 0 amide bonds. The number of ether oxygens (including phenoxy) is 1. The number of hydrogen-bond acceptors (Lipinski definition) is 3. The molecule has 2 heterocycles. The molecule has 0 N–H and O–H groups in total. The predicted octanol–water partition coefficient (Wildman–Crippen LogP) is 6.04. The molecule has 0 unspecified atom stereocenters. The SMILES string of the molecule is COc1cc2cc(-c3cccc(-n4cnc5ccccc54)c3)ccc2cc1-n1ccnc1. The van der Waals surface area contributed by atoms with E-state index in [0.29, 0.717) is 0 Å². The van der Waals surface area contributed by atoms with Crippen LogP contribution < -0.4 is 4.74 Å². The molecule has 6 rings (SSSR count). The van der Waals surface area contributed by atoms with E-state index in [0.717, 1.165) is 50.1 Å². The van der Waals surface area contributed by atoms with Crippen LogP contribution in [0.15, 0.2) is 104 Å². The van der Waals surface area contributed by atoms with E-state index in [1.165, 1.54) is 0 Å². The predicted molar refractivity (Wildman–Crippen MR) is 128 cm³/mol. The first-order valence-electron chi connectivity index (χ1n) is 10.4. The molecule has 5 heteroatoms. The second-order valence-corrected chi connectivity index (χ2v) is 7.71. The highest BCUT2D eigenvalue weighted by molar-refractivity contribution is 5.91. The molecule has 0 radical (unpaired) electrons. The minimum atomic E-state index is 0.811. The summed E-state index contributed by atoms with van der Waals surface area (Å²) < 4.78 is 9.76. The van der Waals surface area contributed by atoms with Crippen LogP contribution in [0.25, 0.3) is 44.3 Å². The lowest BCUT2D eigenvalue weighted by molar-refractivity contribution is 0.413. The van der Waals surface area contributed by atoms with Crippen LogP contribution in [0.1, 0.15) is 0 Å². The molecule has 2 aromatic heterocycles. The summed E-state index contributed by atoms with van der Waals surface area (Å²) in [6, 6.07) is 27.5. The van der Waals surface area contributed by atoms with Crippen LogP contribution in [0.3, 0.4) is 0 Å². The molecule has 0 saturated carbocycles. The largest absolute Gasteiger partial charge is 0.495 e. The van der Waals surface area contributed by atoms with Gasteiger partial charge in [-0.15, -0.1) is 0 Å². The second kappa shape index (κ2) is 7.39. The van der Waals surface area contributed by atoms with Crippen molar-refractivity contribution in [2.24, 2.45) is 0 Å². The Morgan fingerprint density at radius 2 is 1.69 bits per heavy atom. The van der Waals surface area contributed by atoms with Gasteiger partial charge >= 0.3 is 0 Å². The summed E-state index contributed by atoms with van der Waals surface area (Å²) in [5, 5.41) is 2.27. The number of hydrogen-bond donors (Lipinski definition) is 0. The Labute approximate surface area is 185 Å². The fraction of sp³-hybridized carbons (Fsp3) is 0.0370. The molecular weight excluding hydrogens is 396 g/mol. The van der Waals surface area contributed by atoms with Crippen molar-refractivity contribution in [2.75, 3.05) is 7.11 Å². The number of rotatable bonds is 4. The monoisotopic (exact) mass is 416 g/mol. The molecule has 0 aliphatic carbocycles. The summed E-state index contributed by atoms with van der Waals surface area (Å²) in [6.45, 7) is 0. The Balaban J connectivity index is 1.44. The van der Waals surface area contributed by atoms with Gasteiger partial charge in [-0.2, -0.15) is 0 Å². The van der Waals surface area contributed by atoms with Gasteiger partial charge in [0, 0.05) is 18.1 Å². The van der Waals surface area contributed by atoms with Crippen LogP contribution in [-0.2, 0) is 0 Å². The van der Waals surface area contributed by atoms with Crippen LogP contribution in [0.2, 0.25) is 0 Å². The fourth-order valence-corrected chi connectivity index (χ4v) is 4.21. The van der Waals surface area contributed by atoms with Crippen molar-refractivity contribution in [2.45, 2.75) is 0 Å². The number of nitrogens with zero attached hydrogens (tertiary/aromatic N) is 4. The third-order valence-corrected chi connectivity index (χ3v) is 5.83. The van der Waals surface area contributed by atoms with E-state index >= 15 is 0 Å². The highest BCUT2D eigenvalue weighted by Gasteiger charge is 2.10. The molecule has 0 bridgehead atoms. The van der Waals surface area contributed by atoms with E-state index in [9.17, 15) is 0 Å². The molecule has 6 aromatic rings. The Morgan fingerprint density at radius 3 is 2.56 bits per heavy atom. The van der Waals surface area contributed by atoms with Crippen molar-refractivity contribution in [1.82, 2.24) is 19.1 Å². The molecule has 0 fully saturated rings. The Kier molecular flexibility index (Phi) is 4.25. The molecule has 4 aromatic carbocycles. The van der Waals surface area contributed by atoms with Gasteiger partial charge in [0.15, 0.2) is 0 Å². The summed E-state index contributed by atoms with van der Waals surface area (Å²) in [5.74, 6) is 0.811. The van der Waals surface area contributed by atoms with E-state index in [1.54, 1.807) is 19.6 Å².